The highest BCUT2D eigenvalue weighted by molar-refractivity contribution is 4.95. The summed E-state index contributed by atoms with van der Waals surface area (Å²) in [6.07, 6.45) is 7.02. The van der Waals surface area contributed by atoms with Crippen molar-refractivity contribution in [2.24, 2.45) is 0 Å². The van der Waals surface area contributed by atoms with Gasteiger partial charge in [0.25, 0.3) is 0 Å². The second kappa shape index (κ2) is 6.56. The summed E-state index contributed by atoms with van der Waals surface area (Å²) in [4.78, 5) is 4.26. The van der Waals surface area contributed by atoms with Crippen LogP contribution in [0.5, 0.6) is 0 Å². The van der Waals surface area contributed by atoms with Gasteiger partial charge in [0.15, 0.2) is 0 Å². The molecule has 1 rings (SSSR count). The maximum absolute atomic E-state index is 8.61. The van der Waals surface area contributed by atoms with Crippen LogP contribution in [0.15, 0.2) is 12.5 Å². The minimum absolute atomic E-state index is 0.301. The molecule has 80 valence electrons. The topological polar surface area (TPSA) is 50.1 Å². The predicted molar refractivity (Wildman–Crippen MR) is 55.9 cm³/mol. The van der Waals surface area contributed by atoms with Crippen LogP contribution < -0.4 is 5.32 Å². The van der Waals surface area contributed by atoms with Gasteiger partial charge >= 0.3 is 0 Å². The summed E-state index contributed by atoms with van der Waals surface area (Å²) in [5, 5.41) is 11.7. The lowest BCUT2D eigenvalue weighted by Gasteiger charge is -2.00. The summed E-state index contributed by atoms with van der Waals surface area (Å²) in [5.41, 5.74) is 1.08. The van der Waals surface area contributed by atoms with E-state index in [2.05, 4.69) is 21.1 Å². The largest absolute Gasteiger partial charge is 0.396 e. The average Bonchev–Trinajstić information content (AvgIpc) is 2.61. The quantitative estimate of drug-likeness (QED) is 0.635. The standard InChI is InChI=1S/C10H19N3O/c1-11-7-10-8-13(9-12-10)5-3-2-4-6-14/h8-9,11,14H,2-7H2,1H3. The Kier molecular flexibility index (Phi) is 5.25. The average molecular weight is 197 g/mol. The molecule has 0 atom stereocenters. The predicted octanol–water partition coefficient (Wildman–Crippen LogP) is 0.765. The molecule has 1 aromatic heterocycles. The highest BCUT2D eigenvalue weighted by Crippen LogP contribution is 2.01. The van der Waals surface area contributed by atoms with E-state index in [1.165, 1.54) is 0 Å². The zero-order chi connectivity index (χ0) is 10.2. The van der Waals surface area contributed by atoms with Crippen LogP contribution in [0.3, 0.4) is 0 Å². The minimum atomic E-state index is 0.301. The number of nitrogens with one attached hydrogen (secondary N) is 1. The van der Waals surface area contributed by atoms with Crippen molar-refractivity contribution in [3.05, 3.63) is 18.2 Å². The molecule has 0 saturated heterocycles. The molecule has 0 saturated carbocycles. The Bertz CT molecular complexity index is 247. The summed E-state index contributed by atoms with van der Waals surface area (Å²) in [5.74, 6) is 0. The van der Waals surface area contributed by atoms with E-state index < -0.39 is 0 Å². The summed E-state index contributed by atoms with van der Waals surface area (Å²) in [6.45, 7) is 2.12. The Labute approximate surface area is 85.0 Å². The van der Waals surface area contributed by atoms with Crippen molar-refractivity contribution in [2.75, 3.05) is 13.7 Å². The van der Waals surface area contributed by atoms with Crippen LogP contribution in [0.4, 0.5) is 0 Å². The number of aliphatic hydroxyl groups is 1. The number of aromatic nitrogens is 2. The summed E-state index contributed by atoms with van der Waals surface area (Å²) in [7, 11) is 1.92. The molecule has 0 radical (unpaired) electrons. The maximum atomic E-state index is 8.61. The van der Waals surface area contributed by atoms with E-state index in [1.54, 1.807) is 0 Å². The Morgan fingerprint density at radius 2 is 2.29 bits per heavy atom. The fourth-order valence-corrected chi connectivity index (χ4v) is 1.38. The molecule has 0 aliphatic heterocycles. The molecular weight excluding hydrogens is 178 g/mol. The molecule has 0 spiro atoms. The monoisotopic (exact) mass is 197 g/mol. The van der Waals surface area contributed by atoms with Crippen LogP contribution in [0.1, 0.15) is 25.0 Å². The molecule has 14 heavy (non-hydrogen) atoms. The molecule has 0 fully saturated rings. The van der Waals surface area contributed by atoms with Crippen molar-refractivity contribution in [3.8, 4) is 0 Å². The van der Waals surface area contributed by atoms with Gasteiger partial charge in [-0.05, 0) is 26.3 Å². The van der Waals surface area contributed by atoms with Gasteiger partial charge in [0.1, 0.15) is 0 Å². The van der Waals surface area contributed by atoms with Crippen molar-refractivity contribution in [1.29, 1.82) is 0 Å². The van der Waals surface area contributed by atoms with Crippen molar-refractivity contribution in [1.82, 2.24) is 14.9 Å². The fraction of sp³-hybridized carbons (Fsp3) is 0.700. The van der Waals surface area contributed by atoms with E-state index in [4.69, 9.17) is 5.11 Å². The van der Waals surface area contributed by atoms with Crippen molar-refractivity contribution >= 4 is 0 Å². The third-order valence-corrected chi connectivity index (χ3v) is 2.12. The van der Waals surface area contributed by atoms with E-state index in [-0.39, 0.29) is 0 Å². The number of unbranched alkanes of at least 4 members (excludes halogenated alkanes) is 2. The SMILES string of the molecule is CNCc1cn(CCCCCO)cn1. The molecule has 0 amide bonds. The van der Waals surface area contributed by atoms with E-state index in [0.29, 0.717) is 6.61 Å². The molecule has 0 aliphatic rings. The number of aryl methyl sites for hydroxylation is 1. The molecule has 0 aromatic carbocycles. The zero-order valence-electron chi connectivity index (χ0n) is 8.74. The molecule has 2 N–H and O–H groups in total. The van der Waals surface area contributed by atoms with Gasteiger partial charge in [0, 0.05) is 25.9 Å². The van der Waals surface area contributed by atoms with Gasteiger partial charge in [-0.2, -0.15) is 0 Å². The first-order chi connectivity index (χ1) is 6.86. The van der Waals surface area contributed by atoms with Crippen molar-refractivity contribution < 1.29 is 5.11 Å². The van der Waals surface area contributed by atoms with Gasteiger partial charge in [0.05, 0.1) is 12.0 Å². The first-order valence-corrected chi connectivity index (χ1v) is 5.13. The molecule has 0 aliphatic carbocycles. The number of hydrogen-bond donors (Lipinski definition) is 2. The smallest absolute Gasteiger partial charge is 0.0949 e. The van der Waals surface area contributed by atoms with E-state index >= 15 is 0 Å². The molecule has 0 unspecified atom stereocenters. The Morgan fingerprint density at radius 1 is 1.43 bits per heavy atom. The minimum Gasteiger partial charge on any atom is -0.396 e. The fourth-order valence-electron chi connectivity index (χ4n) is 1.38. The van der Waals surface area contributed by atoms with Crippen LogP contribution in [0.25, 0.3) is 0 Å². The van der Waals surface area contributed by atoms with Crippen LogP contribution >= 0.6 is 0 Å². The second-order valence-corrected chi connectivity index (χ2v) is 3.42. The lowest BCUT2D eigenvalue weighted by molar-refractivity contribution is 0.282. The molecule has 4 heteroatoms. The van der Waals surface area contributed by atoms with E-state index in [0.717, 1.165) is 38.0 Å². The summed E-state index contributed by atoms with van der Waals surface area (Å²) in [6, 6.07) is 0. The lowest BCUT2D eigenvalue weighted by atomic mass is 10.2. The maximum Gasteiger partial charge on any atom is 0.0949 e. The lowest BCUT2D eigenvalue weighted by Crippen LogP contribution is -2.05. The van der Waals surface area contributed by atoms with Gasteiger partial charge in [-0.25, -0.2) is 4.98 Å². The summed E-state index contributed by atoms with van der Waals surface area (Å²) >= 11 is 0. The van der Waals surface area contributed by atoms with Crippen molar-refractivity contribution in [3.63, 3.8) is 0 Å². The van der Waals surface area contributed by atoms with Gasteiger partial charge in [0.2, 0.25) is 0 Å². The highest BCUT2D eigenvalue weighted by atomic mass is 16.2. The van der Waals surface area contributed by atoms with Crippen LogP contribution in [-0.4, -0.2) is 28.3 Å². The number of nitrogens with zero attached hydrogens (tertiary/aromatic N) is 2. The zero-order valence-corrected chi connectivity index (χ0v) is 8.74. The van der Waals surface area contributed by atoms with Crippen LogP contribution in [0, 0.1) is 0 Å². The highest BCUT2D eigenvalue weighted by Gasteiger charge is 1.96. The van der Waals surface area contributed by atoms with Crippen LogP contribution in [0.2, 0.25) is 0 Å². The van der Waals surface area contributed by atoms with Gasteiger partial charge in [-0.3, -0.25) is 0 Å². The molecule has 0 bridgehead atoms. The number of rotatable bonds is 7. The molecule has 4 nitrogen and oxygen atoms in total. The number of hydrogen-bond acceptors (Lipinski definition) is 3. The number of imidazole rings is 1. The third kappa shape index (κ3) is 3.89. The normalized spacial score (nSPS) is 10.7. The van der Waals surface area contributed by atoms with E-state index in [1.807, 2.05) is 13.4 Å². The van der Waals surface area contributed by atoms with Crippen LogP contribution in [-0.2, 0) is 13.1 Å². The first kappa shape index (κ1) is 11.2. The van der Waals surface area contributed by atoms with E-state index in [9.17, 15) is 0 Å². The Hall–Kier alpha value is -0.870. The van der Waals surface area contributed by atoms with Crippen molar-refractivity contribution in [2.45, 2.75) is 32.4 Å². The van der Waals surface area contributed by atoms with Gasteiger partial charge in [-0.1, -0.05) is 0 Å². The second-order valence-electron chi connectivity index (χ2n) is 3.42. The molecular formula is C10H19N3O. The third-order valence-electron chi connectivity index (χ3n) is 2.12. The first-order valence-electron chi connectivity index (χ1n) is 5.13. The Balaban J connectivity index is 2.22. The van der Waals surface area contributed by atoms with Gasteiger partial charge in [-0.15, -0.1) is 0 Å². The molecule has 1 aromatic rings. The Morgan fingerprint density at radius 3 is 3.00 bits per heavy atom. The number of aliphatic hydroxyl groups excluding tert-OH is 1. The summed E-state index contributed by atoms with van der Waals surface area (Å²) < 4.78 is 2.10. The van der Waals surface area contributed by atoms with Gasteiger partial charge < -0.3 is 15.0 Å². The molecule has 1 heterocycles.